The van der Waals surface area contributed by atoms with E-state index >= 15 is 0 Å². The predicted molar refractivity (Wildman–Crippen MR) is 62.8 cm³/mol. The molecule has 7 nitrogen and oxygen atoms in total. The molecule has 2 rings (SSSR count). The van der Waals surface area contributed by atoms with Gasteiger partial charge in [0.2, 0.25) is 0 Å². The minimum Gasteiger partial charge on any atom is -0.383 e. The minimum atomic E-state index is -3.72. The Morgan fingerprint density at radius 3 is 2.76 bits per heavy atom. The molecule has 0 aliphatic carbocycles. The zero-order valence-corrected chi connectivity index (χ0v) is 9.82. The molecule has 0 saturated carbocycles. The number of H-pyrrole nitrogens is 1. The van der Waals surface area contributed by atoms with Crippen molar-refractivity contribution in [3.8, 4) is 0 Å². The van der Waals surface area contributed by atoms with Crippen molar-refractivity contribution in [2.75, 3.05) is 10.5 Å². The van der Waals surface area contributed by atoms with Gasteiger partial charge < -0.3 is 5.73 Å². The van der Waals surface area contributed by atoms with Gasteiger partial charge in [-0.25, -0.2) is 8.42 Å². The van der Waals surface area contributed by atoms with Crippen LogP contribution >= 0.6 is 0 Å². The molecular weight excluding hydrogens is 242 g/mol. The lowest BCUT2D eigenvalue weighted by molar-refractivity contribution is 0.601. The summed E-state index contributed by atoms with van der Waals surface area (Å²) in [5.74, 6) is 0.00390. The molecule has 0 aliphatic rings. The maximum Gasteiger partial charge on any atom is 0.267 e. The van der Waals surface area contributed by atoms with E-state index in [1.54, 1.807) is 19.2 Å². The van der Waals surface area contributed by atoms with Crippen molar-refractivity contribution in [3.63, 3.8) is 0 Å². The predicted octanol–water partition coefficient (Wildman–Crippen LogP) is 0.496. The van der Waals surface area contributed by atoms with E-state index in [1.807, 2.05) is 0 Å². The third-order valence-electron chi connectivity index (χ3n) is 2.19. The normalized spacial score (nSPS) is 11.4. The maximum atomic E-state index is 12.0. The van der Waals surface area contributed by atoms with Crippen molar-refractivity contribution in [1.29, 1.82) is 0 Å². The van der Waals surface area contributed by atoms with Gasteiger partial charge in [-0.05, 0) is 18.6 Å². The highest BCUT2D eigenvalue weighted by Gasteiger charge is 2.19. The molecule has 4 N–H and O–H groups in total. The highest BCUT2D eigenvalue weighted by molar-refractivity contribution is 7.92. The SMILES string of the molecule is Cc1cnccc1NS(=O)(=O)c1cn[nH]c1N. The van der Waals surface area contributed by atoms with E-state index in [0.29, 0.717) is 5.69 Å². The molecule has 0 radical (unpaired) electrons. The van der Waals surface area contributed by atoms with Crippen LogP contribution in [0, 0.1) is 6.92 Å². The van der Waals surface area contributed by atoms with Crippen LogP contribution < -0.4 is 10.5 Å². The number of nitrogen functional groups attached to an aromatic ring is 1. The van der Waals surface area contributed by atoms with Crippen molar-refractivity contribution in [2.24, 2.45) is 0 Å². The largest absolute Gasteiger partial charge is 0.383 e. The summed E-state index contributed by atoms with van der Waals surface area (Å²) in [6, 6.07) is 1.57. The van der Waals surface area contributed by atoms with E-state index < -0.39 is 10.0 Å². The van der Waals surface area contributed by atoms with Crippen LogP contribution in [0.15, 0.2) is 29.6 Å². The fraction of sp³-hybridized carbons (Fsp3) is 0.111. The molecule has 2 heterocycles. The first-order valence-electron chi connectivity index (χ1n) is 4.73. The lowest BCUT2D eigenvalue weighted by Crippen LogP contribution is -2.14. The number of hydrogen-bond donors (Lipinski definition) is 3. The maximum absolute atomic E-state index is 12.0. The van der Waals surface area contributed by atoms with Crippen LogP contribution in [-0.2, 0) is 10.0 Å². The van der Waals surface area contributed by atoms with Gasteiger partial charge in [0.15, 0.2) is 0 Å². The number of aromatic amines is 1. The van der Waals surface area contributed by atoms with Crippen LogP contribution in [0.4, 0.5) is 11.5 Å². The van der Waals surface area contributed by atoms with Gasteiger partial charge in [-0.15, -0.1) is 0 Å². The third-order valence-corrected chi connectivity index (χ3v) is 3.58. The molecule has 90 valence electrons. The van der Waals surface area contributed by atoms with Crippen LogP contribution in [0.25, 0.3) is 0 Å². The van der Waals surface area contributed by atoms with Crippen LogP contribution in [0.3, 0.4) is 0 Å². The molecule has 0 amide bonds. The second-order valence-corrected chi connectivity index (χ2v) is 5.09. The number of hydrogen-bond acceptors (Lipinski definition) is 5. The molecule has 0 spiro atoms. The zero-order valence-electron chi connectivity index (χ0n) is 9.01. The summed E-state index contributed by atoms with van der Waals surface area (Å²) in [4.78, 5) is 3.80. The Balaban J connectivity index is 2.37. The quantitative estimate of drug-likeness (QED) is 0.736. The Hall–Kier alpha value is -2.09. The lowest BCUT2D eigenvalue weighted by Gasteiger charge is -2.08. The summed E-state index contributed by atoms with van der Waals surface area (Å²) < 4.78 is 26.4. The van der Waals surface area contributed by atoms with Gasteiger partial charge in [0.05, 0.1) is 11.9 Å². The highest BCUT2D eigenvalue weighted by atomic mass is 32.2. The van der Waals surface area contributed by atoms with Crippen molar-refractivity contribution < 1.29 is 8.42 Å². The molecular formula is C9H11N5O2S. The number of nitrogens with one attached hydrogen (secondary N) is 2. The van der Waals surface area contributed by atoms with Gasteiger partial charge in [0.1, 0.15) is 10.7 Å². The monoisotopic (exact) mass is 253 g/mol. The number of aromatic nitrogens is 3. The smallest absolute Gasteiger partial charge is 0.267 e. The van der Waals surface area contributed by atoms with Crippen LogP contribution in [0.2, 0.25) is 0 Å². The molecule has 2 aromatic heterocycles. The van der Waals surface area contributed by atoms with E-state index in [9.17, 15) is 8.42 Å². The highest BCUT2D eigenvalue weighted by Crippen LogP contribution is 2.20. The van der Waals surface area contributed by atoms with E-state index in [0.717, 1.165) is 11.8 Å². The first kappa shape index (κ1) is 11.4. The Morgan fingerprint density at radius 1 is 1.41 bits per heavy atom. The van der Waals surface area contributed by atoms with Crippen molar-refractivity contribution in [3.05, 3.63) is 30.2 Å². The molecule has 0 atom stereocenters. The van der Waals surface area contributed by atoms with Crippen LogP contribution in [0.1, 0.15) is 5.56 Å². The molecule has 0 aliphatic heterocycles. The zero-order chi connectivity index (χ0) is 12.5. The number of pyridine rings is 1. The number of aryl methyl sites for hydroxylation is 1. The lowest BCUT2D eigenvalue weighted by atomic mass is 10.3. The summed E-state index contributed by atoms with van der Waals surface area (Å²) in [5, 5.41) is 5.94. The van der Waals surface area contributed by atoms with Crippen molar-refractivity contribution >= 4 is 21.5 Å². The molecule has 0 saturated heterocycles. The van der Waals surface area contributed by atoms with E-state index in [-0.39, 0.29) is 10.7 Å². The number of nitrogens with zero attached hydrogens (tertiary/aromatic N) is 2. The molecule has 2 aromatic rings. The molecule has 8 heteroatoms. The van der Waals surface area contributed by atoms with E-state index in [4.69, 9.17) is 5.73 Å². The topological polar surface area (TPSA) is 114 Å². The Bertz CT molecular complexity index is 634. The fourth-order valence-electron chi connectivity index (χ4n) is 1.29. The Morgan fingerprint density at radius 2 is 2.18 bits per heavy atom. The van der Waals surface area contributed by atoms with Crippen molar-refractivity contribution in [2.45, 2.75) is 11.8 Å². The van der Waals surface area contributed by atoms with Crippen molar-refractivity contribution in [1.82, 2.24) is 15.2 Å². The number of sulfonamides is 1. The van der Waals surface area contributed by atoms with Crippen LogP contribution in [-0.4, -0.2) is 23.6 Å². The van der Waals surface area contributed by atoms with Gasteiger partial charge in [-0.1, -0.05) is 0 Å². The molecule has 0 unspecified atom stereocenters. The Kier molecular flexibility index (Phi) is 2.72. The fourth-order valence-corrected chi connectivity index (χ4v) is 2.44. The number of nitrogens with two attached hydrogens (primary N) is 1. The number of rotatable bonds is 3. The minimum absolute atomic E-state index is 0.00390. The summed E-state index contributed by atoms with van der Waals surface area (Å²) in [5.41, 5.74) is 6.65. The van der Waals surface area contributed by atoms with Gasteiger partial charge in [0, 0.05) is 12.4 Å². The van der Waals surface area contributed by atoms with E-state index in [2.05, 4.69) is 19.9 Å². The Labute approximate surface area is 98.1 Å². The van der Waals surface area contributed by atoms with Gasteiger partial charge in [0.25, 0.3) is 10.0 Å². The summed E-state index contributed by atoms with van der Waals surface area (Å²) >= 11 is 0. The van der Waals surface area contributed by atoms with E-state index in [1.165, 1.54) is 6.20 Å². The van der Waals surface area contributed by atoms with Gasteiger partial charge in [-0.3, -0.25) is 14.8 Å². The standard InChI is InChI=1S/C9H11N5O2S/c1-6-4-11-3-2-7(6)14-17(15,16)8-5-12-13-9(8)10/h2-5H,1H3,(H,11,14)(H3,10,12,13). The van der Waals surface area contributed by atoms with Crippen LogP contribution in [0.5, 0.6) is 0 Å². The average molecular weight is 253 g/mol. The summed E-state index contributed by atoms with van der Waals surface area (Å²) in [6.07, 6.45) is 4.23. The third kappa shape index (κ3) is 2.21. The summed E-state index contributed by atoms with van der Waals surface area (Å²) in [7, 11) is -3.72. The molecule has 0 fully saturated rings. The molecule has 0 bridgehead atoms. The molecule has 17 heavy (non-hydrogen) atoms. The average Bonchev–Trinajstić information content (AvgIpc) is 2.68. The first-order valence-corrected chi connectivity index (χ1v) is 6.21. The van der Waals surface area contributed by atoms with Gasteiger partial charge >= 0.3 is 0 Å². The molecule has 0 aromatic carbocycles. The first-order chi connectivity index (χ1) is 8.00. The number of anilines is 2. The summed E-state index contributed by atoms with van der Waals surface area (Å²) in [6.45, 7) is 1.75. The second kappa shape index (κ2) is 4.06. The van der Waals surface area contributed by atoms with Gasteiger partial charge in [-0.2, -0.15) is 5.10 Å². The second-order valence-electron chi connectivity index (χ2n) is 3.44.